The number of hydrogen-bond acceptors (Lipinski definition) is 3. The summed E-state index contributed by atoms with van der Waals surface area (Å²) in [4.78, 5) is 4.57. The standard InChI is InChI=1S/C14H14BrN3O/c1-16-10-4-6-12-14(15)17-13(18(12)9-10)7-5-11-3-2-8-19-11/h2-4,6,8-9,16H,5,7H2,1H3. The van der Waals surface area contributed by atoms with Crippen LogP contribution in [0.5, 0.6) is 0 Å². The lowest BCUT2D eigenvalue weighted by molar-refractivity contribution is 0.506. The number of fused-ring (bicyclic) bond motifs is 1. The van der Waals surface area contributed by atoms with E-state index >= 15 is 0 Å². The summed E-state index contributed by atoms with van der Waals surface area (Å²) < 4.78 is 8.35. The zero-order valence-corrected chi connectivity index (χ0v) is 12.1. The molecule has 0 amide bonds. The Kier molecular flexibility index (Phi) is 3.29. The fourth-order valence-electron chi connectivity index (χ4n) is 2.12. The molecule has 0 aliphatic rings. The van der Waals surface area contributed by atoms with Crippen LogP contribution in [0.25, 0.3) is 5.52 Å². The first-order valence-electron chi connectivity index (χ1n) is 6.14. The smallest absolute Gasteiger partial charge is 0.132 e. The van der Waals surface area contributed by atoms with E-state index in [-0.39, 0.29) is 0 Å². The van der Waals surface area contributed by atoms with Crippen molar-refractivity contribution in [2.24, 2.45) is 0 Å². The average Bonchev–Trinajstić information content (AvgIpc) is 3.05. The van der Waals surface area contributed by atoms with Crippen LogP contribution >= 0.6 is 15.9 Å². The van der Waals surface area contributed by atoms with E-state index in [1.807, 2.05) is 25.2 Å². The summed E-state index contributed by atoms with van der Waals surface area (Å²) in [7, 11) is 1.91. The largest absolute Gasteiger partial charge is 0.469 e. The summed E-state index contributed by atoms with van der Waals surface area (Å²) in [6.07, 6.45) is 5.45. The molecular weight excluding hydrogens is 306 g/mol. The van der Waals surface area contributed by atoms with E-state index in [2.05, 4.69) is 42.9 Å². The van der Waals surface area contributed by atoms with Gasteiger partial charge in [0.1, 0.15) is 16.2 Å². The first-order chi connectivity index (χ1) is 9.28. The molecule has 3 heterocycles. The fourth-order valence-corrected chi connectivity index (χ4v) is 2.65. The molecule has 3 rings (SSSR count). The lowest BCUT2D eigenvalue weighted by Gasteiger charge is -2.04. The normalized spacial score (nSPS) is 11.1. The van der Waals surface area contributed by atoms with Crippen molar-refractivity contribution >= 4 is 27.1 Å². The molecule has 0 spiro atoms. The van der Waals surface area contributed by atoms with E-state index in [4.69, 9.17) is 4.42 Å². The maximum absolute atomic E-state index is 5.36. The van der Waals surface area contributed by atoms with Crippen LogP contribution in [0.1, 0.15) is 11.6 Å². The average molecular weight is 320 g/mol. The Balaban J connectivity index is 1.93. The third kappa shape index (κ3) is 2.38. The van der Waals surface area contributed by atoms with Crippen LogP contribution in [0.15, 0.2) is 45.7 Å². The number of halogens is 1. The highest BCUT2D eigenvalue weighted by atomic mass is 79.9. The molecule has 0 unspecified atom stereocenters. The summed E-state index contributed by atoms with van der Waals surface area (Å²) in [5.74, 6) is 2.01. The van der Waals surface area contributed by atoms with Crippen molar-refractivity contribution in [2.75, 3.05) is 12.4 Å². The van der Waals surface area contributed by atoms with Gasteiger partial charge in [-0.05, 0) is 40.2 Å². The zero-order chi connectivity index (χ0) is 13.2. The summed E-state index contributed by atoms with van der Waals surface area (Å²) in [5.41, 5.74) is 2.14. The number of rotatable bonds is 4. The third-order valence-corrected chi connectivity index (χ3v) is 3.71. The van der Waals surface area contributed by atoms with Gasteiger partial charge in [0, 0.05) is 26.1 Å². The highest BCUT2D eigenvalue weighted by Gasteiger charge is 2.10. The highest BCUT2D eigenvalue weighted by molar-refractivity contribution is 9.10. The van der Waals surface area contributed by atoms with Crippen LogP contribution in [0.4, 0.5) is 5.69 Å². The molecule has 98 valence electrons. The molecule has 3 aromatic rings. The molecule has 0 aromatic carbocycles. The Morgan fingerprint density at radius 2 is 2.21 bits per heavy atom. The molecule has 5 heteroatoms. The van der Waals surface area contributed by atoms with Crippen molar-refractivity contribution in [1.29, 1.82) is 0 Å². The predicted molar refractivity (Wildman–Crippen MR) is 78.6 cm³/mol. The monoisotopic (exact) mass is 319 g/mol. The molecule has 0 aliphatic heterocycles. The molecule has 0 saturated carbocycles. The number of imidazole rings is 1. The minimum atomic E-state index is 0.841. The van der Waals surface area contributed by atoms with E-state index in [0.717, 1.165) is 40.2 Å². The van der Waals surface area contributed by atoms with Gasteiger partial charge in [-0.2, -0.15) is 0 Å². The number of nitrogens with zero attached hydrogens (tertiary/aromatic N) is 2. The van der Waals surface area contributed by atoms with Gasteiger partial charge in [-0.25, -0.2) is 4.98 Å². The van der Waals surface area contributed by atoms with E-state index in [0.29, 0.717) is 0 Å². The number of anilines is 1. The molecule has 0 atom stereocenters. The van der Waals surface area contributed by atoms with Crippen molar-refractivity contribution in [3.63, 3.8) is 0 Å². The van der Waals surface area contributed by atoms with E-state index in [1.54, 1.807) is 6.26 Å². The molecular formula is C14H14BrN3O. The first kappa shape index (κ1) is 12.3. The van der Waals surface area contributed by atoms with Gasteiger partial charge < -0.3 is 14.1 Å². The highest BCUT2D eigenvalue weighted by Crippen LogP contribution is 2.22. The fraction of sp³-hybridized carbons (Fsp3) is 0.214. The van der Waals surface area contributed by atoms with Gasteiger partial charge in [0.25, 0.3) is 0 Å². The second-order valence-electron chi connectivity index (χ2n) is 4.32. The van der Waals surface area contributed by atoms with Crippen molar-refractivity contribution in [3.05, 3.63) is 52.9 Å². The lowest BCUT2D eigenvalue weighted by Crippen LogP contribution is -1.99. The van der Waals surface area contributed by atoms with Crippen molar-refractivity contribution in [2.45, 2.75) is 12.8 Å². The molecule has 4 nitrogen and oxygen atoms in total. The minimum Gasteiger partial charge on any atom is -0.469 e. The van der Waals surface area contributed by atoms with Crippen LogP contribution in [0, 0.1) is 0 Å². The summed E-state index contributed by atoms with van der Waals surface area (Å²) in [5, 5.41) is 3.14. The number of furan rings is 1. The maximum atomic E-state index is 5.36. The Hall–Kier alpha value is -1.75. The van der Waals surface area contributed by atoms with E-state index < -0.39 is 0 Å². The number of aryl methyl sites for hydroxylation is 2. The number of aromatic nitrogens is 2. The maximum Gasteiger partial charge on any atom is 0.132 e. The quantitative estimate of drug-likeness (QED) is 0.800. The number of pyridine rings is 1. The van der Waals surface area contributed by atoms with Gasteiger partial charge >= 0.3 is 0 Å². The molecule has 0 aliphatic carbocycles. The summed E-state index contributed by atoms with van der Waals surface area (Å²) in [6, 6.07) is 8.00. The Bertz CT molecular complexity index is 688. The van der Waals surface area contributed by atoms with Gasteiger partial charge in [0.2, 0.25) is 0 Å². The minimum absolute atomic E-state index is 0.841. The van der Waals surface area contributed by atoms with Gasteiger partial charge in [0.05, 0.1) is 17.5 Å². The zero-order valence-electron chi connectivity index (χ0n) is 10.6. The lowest BCUT2D eigenvalue weighted by atomic mass is 10.2. The molecule has 0 bridgehead atoms. The second kappa shape index (κ2) is 5.09. The Morgan fingerprint density at radius 3 is 2.95 bits per heavy atom. The Labute approximate surface area is 119 Å². The van der Waals surface area contributed by atoms with Gasteiger partial charge in [-0.3, -0.25) is 0 Å². The topological polar surface area (TPSA) is 42.5 Å². The van der Waals surface area contributed by atoms with Crippen LogP contribution in [0.3, 0.4) is 0 Å². The van der Waals surface area contributed by atoms with Crippen LogP contribution in [0.2, 0.25) is 0 Å². The SMILES string of the molecule is CNc1ccc2c(Br)nc(CCc3ccco3)n2c1. The second-order valence-corrected chi connectivity index (χ2v) is 5.07. The van der Waals surface area contributed by atoms with E-state index in [1.165, 1.54) is 0 Å². The molecule has 0 fully saturated rings. The van der Waals surface area contributed by atoms with Crippen molar-refractivity contribution in [3.8, 4) is 0 Å². The number of nitrogens with one attached hydrogen (secondary N) is 1. The number of hydrogen-bond donors (Lipinski definition) is 1. The van der Waals surface area contributed by atoms with Gasteiger partial charge in [0.15, 0.2) is 0 Å². The van der Waals surface area contributed by atoms with Crippen molar-refractivity contribution < 1.29 is 4.42 Å². The predicted octanol–water partition coefficient (Wildman–Crippen LogP) is 3.52. The molecule has 0 saturated heterocycles. The van der Waals surface area contributed by atoms with Crippen LogP contribution in [-0.2, 0) is 12.8 Å². The molecule has 3 aromatic heterocycles. The van der Waals surface area contributed by atoms with Crippen molar-refractivity contribution in [1.82, 2.24) is 9.38 Å². The molecule has 19 heavy (non-hydrogen) atoms. The van der Waals surface area contributed by atoms with Crippen LogP contribution in [-0.4, -0.2) is 16.4 Å². The van der Waals surface area contributed by atoms with Gasteiger partial charge in [-0.1, -0.05) is 0 Å². The van der Waals surface area contributed by atoms with Gasteiger partial charge in [-0.15, -0.1) is 0 Å². The summed E-state index contributed by atoms with van der Waals surface area (Å²) >= 11 is 3.51. The Morgan fingerprint density at radius 1 is 1.32 bits per heavy atom. The first-order valence-corrected chi connectivity index (χ1v) is 6.94. The third-order valence-electron chi connectivity index (χ3n) is 3.13. The van der Waals surface area contributed by atoms with E-state index in [9.17, 15) is 0 Å². The molecule has 0 radical (unpaired) electrons. The summed E-state index contributed by atoms with van der Waals surface area (Å²) in [6.45, 7) is 0. The van der Waals surface area contributed by atoms with Crippen LogP contribution < -0.4 is 5.32 Å². The molecule has 1 N–H and O–H groups in total.